The fourth-order valence-electron chi connectivity index (χ4n) is 3.26. The van der Waals surface area contributed by atoms with Crippen LogP contribution in [0.15, 0.2) is 30.6 Å². The number of hydrogen-bond acceptors (Lipinski definition) is 6. The Labute approximate surface area is 153 Å². The fraction of sp³-hybridized carbons (Fsp3) is 0.450. The third-order valence-electron chi connectivity index (χ3n) is 4.92. The smallest absolute Gasteiger partial charge is 0.224 e. The average Bonchev–Trinajstić information content (AvgIpc) is 3.47. The zero-order valence-corrected chi connectivity index (χ0v) is 15.1. The maximum absolute atomic E-state index is 6.11. The van der Waals surface area contributed by atoms with Gasteiger partial charge in [0.05, 0.1) is 38.7 Å². The van der Waals surface area contributed by atoms with Crippen molar-refractivity contribution < 1.29 is 14.2 Å². The Morgan fingerprint density at radius 3 is 2.88 bits per heavy atom. The highest BCUT2D eigenvalue weighted by molar-refractivity contribution is 5.69. The van der Waals surface area contributed by atoms with E-state index in [1.165, 1.54) is 5.57 Å². The summed E-state index contributed by atoms with van der Waals surface area (Å²) in [6, 6.07) is 4.00. The van der Waals surface area contributed by atoms with Gasteiger partial charge in [0, 0.05) is 23.7 Å². The first-order valence-electron chi connectivity index (χ1n) is 8.98. The van der Waals surface area contributed by atoms with Crippen LogP contribution >= 0.6 is 0 Å². The molecule has 1 saturated carbocycles. The second kappa shape index (κ2) is 7.41. The molecule has 2 aromatic heterocycles. The molecular weight excluding hydrogens is 330 g/mol. The van der Waals surface area contributed by atoms with Gasteiger partial charge in [-0.15, -0.1) is 0 Å². The van der Waals surface area contributed by atoms with Crippen LogP contribution < -0.4 is 9.47 Å². The van der Waals surface area contributed by atoms with Crippen molar-refractivity contribution in [2.24, 2.45) is 5.92 Å². The lowest BCUT2D eigenvalue weighted by atomic mass is 10.0. The second-order valence-corrected chi connectivity index (χ2v) is 6.73. The number of hydrogen-bond donors (Lipinski definition) is 0. The van der Waals surface area contributed by atoms with Crippen molar-refractivity contribution in [3.63, 3.8) is 0 Å². The molecule has 4 rings (SSSR count). The zero-order valence-electron chi connectivity index (χ0n) is 15.1. The first-order valence-corrected chi connectivity index (χ1v) is 8.98. The Morgan fingerprint density at radius 1 is 1.23 bits per heavy atom. The SMILES string of the molecule is COc1ccc(C2CC2COc2nc(C)ncc2C2=CCOCC2)nc1. The molecule has 2 aliphatic rings. The first kappa shape index (κ1) is 17.0. The highest BCUT2D eigenvalue weighted by atomic mass is 16.5. The Balaban J connectivity index is 1.42. The third kappa shape index (κ3) is 3.70. The first-order chi connectivity index (χ1) is 12.7. The number of pyridine rings is 1. The lowest BCUT2D eigenvalue weighted by molar-refractivity contribution is 0.161. The van der Waals surface area contributed by atoms with E-state index in [1.807, 2.05) is 25.3 Å². The lowest BCUT2D eigenvalue weighted by Crippen LogP contribution is -2.09. The van der Waals surface area contributed by atoms with E-state index in [0.717, 1.165) is 42.3 Å². The van der Waals surface area contributed by atoms with Crippen molar-refractivity contribution in [3.8, 4) is 11.6 Å². The Bertz CT molecular complexity index is 804. The van der Waals surface area contributed by atoms with Gasteiger partial charge in [-0.2, -0.15) is 4.98 Å². The van der Waals surface area contributed by atoms with Gasteiger partial charge in [-0.3, -0.25) is 4.98 Å². The van der Waals surface area contributed by atoms with Gasteiger partial charge in [0.15, 0.2) is 0 Å². The highest BCUT2D eigenvalue weighted by Crippen LogP contribution is 2.47. The molecule has 1 aliphatic heterocycles. The maximum atomic E-state index is 6.11. The average molecular weight is 353 g/mol. The van der Waals surface area contributed by atoms with Crippen LogP contribution in [0.25, 0.3) is 5.57 Å². The zero-order chi connectivity index (χ0) is 17.9. The van der Waals surface area contributed by atoms with Gasteiger partial charge >= 0.3 is 0 Å². The fourth-order valence-corrected chi connectivity index (χ4v) is 3.26. The van der Waals surface area contributed by atoms with Crippen LogP contribution in [0.4, 0.5) is 0 Å². The third-order valence-corrected chi connectivity index (χ3v) is 4.92. The molecule has 1 fully saturated rings. The summed E-state index contributed by atoms with van der Waals surface area (Å²) in [7, 11) is 1.65. The lowest BCUT2D eigenvalue weighted by Gasteiger charge is -2.16. The monoisotopic (exact) mass is 353 g/mol. The van der Waals surface area contributed by atoms with E-state index < -0.39 is 0 Å². The van der Waals surface area contributed by atoms with Gasteiger partial charge in [0.25, 0.3) is 0 Å². The molecule has 26 heavy (non-hydrogen) atoms. The molecule has 6 nitrogen and oxygen atoms in total. The molecule has 0 saturated heterocycles. The molecule has 1 aliphatic carbocycles. The predicted molar refractivity (Wildman–Crippen MR) is 97.3 cm³/mol. The molecule has 136 valence electrons. The minimum absolute atomic E-state index is 0.453. The largest absolute Gasteiger partial charge is 0.495 e. The molecule has 3 heterocycles. The summed E-state index contributed by atoms with van der Waals surface area (Å²) in [6.45, 7) is 3.89. The normalized spacial score (nSPS) is 21.8. The van der Waals surface area contributed by atoms with E-state index in [1.54, 1.807) is 13.3 Å². The van der Waals surface area contributed by atoms with Crippen LogP contribution in [-0.4, -0.2) is 41.9 Å². The Kier molecular flexibility index (Phi) is 4.84. The molecule has 0 bridgehead atoms. The molecule has 2 aromatic rings. The molecule has 2 unspecified atom stereocenters. The molecule has 0 spiro atoms. The van der Waals surface area contributed by atoms with E-state index in [2.05, 4.69) is 21.0 Å². The van der Waals surface area contributed by atoms with Crippen molar-refractivity contribution in [1.82, 2.24) is 15.0 Å². The van der Waals surface area contributed by atoms with Gasteiger partial charge in [0.2, 0.25) is 5.88 Å². The quantitative estimate of drug-likeness (QED) is 0.795. The molecule has 0 radical (unpaired) electrons. The summed E-state index contributed by atoms with van der Waals surface area (Å²) in [5, 5.41) is 0. The molecule has 2 atom stereocenters. The minimum atomic E-state index is 0.453. The number of ether oxygens (including phenoxy) is 3. The standard InChI is InChI=1S/C20H23N3O3/c1-13-21-11-18(14-5-7-25-8-6-14)20(23-13)26-12-15-9-17(15)19-4-3-16(24-2)10-22-19/h3-5,10-11,15,17H,6-9,12H2,1-2H3. The predicted octanol–water partition coefficient (Wildman–Crippen LogP) is 3.17. The molecule has 0 aromatic carbocycles. The number of nitrogens with zero attached hydrogens (tertiary/aromatic N) is 3. The van der Waals surface area contributed by atoms with Gasteiger partial charge in [0.1, 0.15) is 11.6 Å². The summed E-state index contributed by atoms with van der Waals surface area (Å²) in [4.78, 5) is 13.4. The molecule has 0 N–H and O–H groups in total. The molecular formula is C20H23N3O3. The van der Waals surface area contributed by atoms with Crippen molar-refractivity contribution in [2.45, 2.75) is 25.7 Å². The van der Waals surface area contributed by atoms with Crippen molar-refractivity contribution in [1.29, 1.82) is 0 Å². The molecule has 0 amide bonds. The summed E-state index contributed by atoms with van der Waals surface area (Å²) in [5.41, 5.74) is 3.29. The number of rotatable bonds is 6. The molecule has 6 heteroatoms. The van der Waals surface area contributed by atoms with Gasteiger partial charge in [-0.05, 0) is 37.5 Å². The van der Waals surface area contributed by atoms with Crippen molar-refractivity contribution in [3.05, 3.63) is 47.7 Å². The van der Waals surface area contributed by atoms with E-state index in [4.69, 9.17) is 14.2 Å². The van der Waals surface area contributed by atoms with E-state index >= 15 is 0 Å². The van der Waals surface area contributed by atoms with E-state index in [-0.39, 0.29) is 0 Å². The van der Waals surface area contributed by atoms with Crippen LogP contribution in [0.3, 0.4) is 0 Å². The van der Waals surface area contributed by atoms with Crippen molar-refractivity contribution >= 4 is 5.57 Å². The van der Waals surface area contributed by atoms with Crippen LogP contribution in [-0.2, 0) is 4.74 Å². The topological polar surface area (TPSA) is 66.4 Å². The minimum Gasteiger partial charge on any atom is -0.495 e. The number of aryl methyl sites for hydroxylation is 1. The van der Waals surface area contributed by atoms with Crippen LogP contribution in [0.5, 0.6) is 11.6 Å². The van der Waals surface area contributed by atoms with Gasteiger partial charge < -0.3 is 14.2 Å². The summed E-state index contributed by atoms with van der Waals surface area (Å²) in [5.74, 6) is 3.12. The van der Waals surface area contributed by atoms with Crippen LogP contribution in [0.2, 0.25) is 0 Å². The summed E-state index contributed by atoms with van der Waals surface area (Å²) >= 11 is 0. The van der Waals surface area contributed by atoms with Gasteiger partial charge in [-0.1, -0.05) is 6.08 Å². The highest BCUT2D eigenvalue weighted by Gasteiger charge is 2.40. The van der Waals surface area contributed by atoms with Gasteiger partial charge in [-0.25, -0.2) is 4.98 Å². The Morgan fingerprint density at radius 2 is 2.15 bits per heavy atom. The number of methoxy groups -OCH3 is 1. The van der Waals surface area contributed by atoms with Crippen LogP contribution in [0.1, 0.15) is 35.8 Å². The number of aromatic nitrogens is 3. The maximum Gasteiger partial charge on any atom is 0.224 e. The summed E-state index contributed by atoms with van der Waals surface area (Å²) < 4.78 is 16.7. The second-order valence-electron chi connectivity index (χ2n) is 6.73. The Hall–Kier alpha value is -2.47. The van der Waals surface area contributed by atoms with Crippen molar-refractivity contribution in [2.75, 3.05) is 26.9 Å². The van der Waals surface area contributed by atoms with E-state index in [9.17, 15) is 0 Å². The van der Waals surface area contributed by atoms with E-state index in [0.29, 0.717) is 30.9 Å². The van der Waals surface area contributed by atoms with Crippen LogP contribution in [0, 0.1) is 12.8 Å². The summed E-state index contributed by atoms with van der Waals surface area (Å²) in [6.07, 6.45) is 7.69.